The van der Waals surface area contributed by atoms with E-state index in [1.54, 1.807) is 12.1 Å². The Bertz CT molecular complexity index is 503. The predicted octanol–water partition coefficient (Wildman–Crippen LogP) is 2.39. The third kappa shape index (κ3) is 7.25. The van der Waals surface area contributed by atoms with Gasteiger partial charge in [-0.05, 0) is 24.1 Å². The normalized spacial score (nSPS) is 16.0. The lowest BCUT2D eigenvalue weighted by molar-refractivity contribution is -0.274. The molecule has 1 aliphatic rings. The lowest BCUT2D eigenvalue weighted by Gasteiger charge is -2.27. The Morgan fingerprint density at radius 3 is 2.39 bits per heavy atom. The fourth-order valence-corrected chi connectivity index (χ4v) is 2.05. The maximum Gasteiger partial charge on any atom is 0.573 e. The Morgan fingerprint density at radius 2 is 1.83 bits per heavy atom. The number of aliphatic imine (C=N–C) groups is 1. The fourth-order valence-electron chi connectivity index (χ4n) is 2.05. The van der Waals surface area contributed by atoms with Gasteiger partial charge in [-0.15, -0.1) is 37.1 Å². The molecule has 1 aromatic rings. The zero-order chi connectivity index (χ0) is 16.0. The van der Waals surface area contributed by atoms with Crippen molar-refractivity contribution < 1.29 is 22.6 Å². The third-order valence-electron chi connectivity index (χ3n) is 3.17. The van der Waals surface area contributed by atoms with Crippen molar-refractivity contribution in [1.29, 1.82) is 0 Å². The van der Waals surface area contributed by atoms with Crippen molar-refractivity contribution in [1.82, 2.24) is 4.90 Å². The van der Waals surface area contributed by atoms with E-state index < -0.39 is 6.36 Å². The molecule has 2 rings (SSSR count). The number of guanidine groups is 1. The van der Waals surface area contributed by atoms with Crippen molar-refractivity contribution >= 4 is 29.9 Å². The summed E-state index contributed by atoms with van der Waals surface area (Å²) in [6.45, 7) is 3.19. The second-order valence-electron chi connectivity index (χ2n) is 4.78. The first-order valence-electron chi connectivity index (χ1n) is 6.91. The van der Waals surface area contributed by atoms with Gasteiger partial charge in [0.15, 0.2) is 5.96 Å². The van der Waals surface area contributed by atoms with Gasteiger partial charge in [0.05, 0.1) is 13.2 Å². The lowest BCUT2D eigenvalue weighted by Crippen LogP contribution is -2.44. The van der Waals surface area contributed by atoms with Gasteiger partial charge >= 0.3 is 6.36 Å². The molecule has 1 aliphatic heterocycles. The highest BCUT2D eigenvalue weighted by Gasteiger charge is 2.30. The van der Waals surface area contributed by atoms with E-state index in [9.17, 15) is 13.2 Å². The molecule has 0 spiro atoms. The van der Waals surface area contributed by atoms with Gasteiger partial charge in [-0.2, -0.15) is 0 Å². The van der Waals surface area contributed by atoms with Crippen LogP contribution in [0.1, 0.15) is 5.56 Å². The van der Waals surface area contributed by atoms with Crippen LogP contribution in [0.4, 0.5) is 13.2 Å². The van der Waals surface area contributed by atoms with Gasteiger partial charge in [0, 0.05) is 19.6 Å². The largest absolute Gasteiger partial charge is 0.573 e. The van der Waals surface area contributed by atoms with Crippen molar-refractivity contribution in [3.8, 4) is 5.75 Å². The van der Waals surface area contributed by atoms with Crippen LogP contribution < -0.4 is 10.5 Å². The molecule has 5 nitrogen and oxygen atoms in total. The minimum Gasteiger partial charge on any atom is -0.406 e. The summed E-state index contributed by atoms with van der Waals surface area (Å²) in [4.78, 5) is 6.23. The maximum absolute atomic E-state index is 12.0. The van der Waals surface area contributed by atoms with E-state index in [4.69, 9.17) is 10.5 Å². The van der Waals surface area contributed by atoms with Crippen LogP contribution >= 0.6 is 24.0 Å². The van der Waals surface area contributed by atoms with Crippen molar-refractivity contribution in [2.24, 2.45) is 10.7 Å². The zero-order valence-electron chi connectivity index (χ0n) is 12.4. The number of alkyl halides is 3. The summed E-state index contributed by atoms with van der Waals surface area (Å²) in [5, 5.41) is 0. The van der Waals surface area contributed by atoms with Crippen LogP contribution in [0, 0.1) is 0 Å². The number of benzene rings is 1. The summed E-state index contributed by atoms with van der Waals surface area (Å²) >= 11 is 0. The third-order valence-corrected chi connectivity index (χ3v) is 3.17. The molecule has 0 saturated carbocycles. The van der Waals surface area contributed by atoms with E-state index in [0.29, 0.717) is 32.1 Å². The van der Waals surface area contributed by atoms with Crippen LogP contribution in [0.5, 0.6) is 5.75 Å². The fraction of sp³-hybridized carbons (Fsp3) is 0.500. The summed E-state index contributed by atoms with van der Waals surface area (Å²) < 4.78 is 45.2. The maximum atomic E-state index is 12.0. The van der Waals surface area contributed by atoms with Gasteiger partial charge in [-0.1, -0.05) is 12.1 Å². The van der Waals surface area contributed by atoms with Crippen LogP contribution in [0.3, 0.4) is 0 Å². The van der Waals surface area contributed by atoms with Crippen LogP contribution in [0.25, 0.3) is 0 Å². The molecular weight excluding hydrogens is 426 g/mol. The second kappa shape index (κ2) is 9.16. The van der Waals surface area contributed by atoms with Gasteiger partial charge in [0.1, 0.15) is 5.75 Å². The van der Waals surface area contributed by atoms with E-state index in [1.165, 1.54) is 12.1 Å². The number of nitrogens with zero attached hydrogens (tertiary/aromatic N) is 2. The molecule has 0 unspecified atom stereocenters. The Morgan fingerprint density at radius 1 is 1.22 bits per heavy atom. The number of rotatable bonds is 4. The van der Waals surface area contributed by atoms with Gasteiger partial charge in [-0.25, -0.2) is 0 Å². The highest BCUT2D eigenvalue weighted by Crippen LogP contribution is 2.22. The standard InChI is InChI=1S/C14H18F3N3O2.HI/c15-14(16,17)22-12-3-1-11(2-4-12)5-6-19-13(18)20-7-9-21-10-8-20;/h1-4H,5-10H2,(H2,18,19);1H. The van der Waals surface area contributed by atoms with Crippen molar-refractivity contribution in [3.05, 3.63) is 29.8 Å². The van der Waals surface area contributed by atoms with E-state index in [-0.39, 0.29) is 29.7 Å². The molecule has 0 atom stereocenters. The lowest BCUT2D eigenvalue weighted by atomic mass is 10.1. The topological polar surface area (TPSA) is 60.1 Å². The van der Waals surface area contributed by atoms with Gasteiger partial charge in [0.2, 0.25) is 0 Å². The van der Waals surface area contributed by atoms with Gasteiger partial charge in [-0.3, -0.25) is 4.99 Å². The van der Waals surface area contributed by atoms with Crippen molar-refractivity contribution in [3.63, 3.8) is 0 Å². The Labute approximate surface area is 149 Å². The molecule has 2 N–H and O–H groups in total. The minimum atomic E-state index is -4.67. The van der Waals surface area contributed by atoms with E-state index in [1.807, 2.05) is 4.90 Å². The molecule has 130 valence electrons. The SMILES string of the molecule is I.NC(=NCCc1ccc(OC(F)(F)F)cc1)N1CCOCC1. The predicted molar refractivity (Wildman–Crippen MR) is 91.1 cm³/mol. The summed E-state index contributed by atoms with van der Waals surface area (Å²) in [7, 11) is 0. The van der Waals surface area contributed by atoms with Gasteiger partial charge < -0.3 is 20.1 Å². The molecule has 1 fully saturated rings. The molecule has 23 heavy (non-hydrogen) atoms. The number of ether oxygens (including phenoxy) is 2. The molecule has 1 heterocycles. The van der Waals surface area contributed by atoms with Crippen LogP contribution in [0.15, 0.2) is 29.3 Å². The average molecular weight is 445 g/mol. The quantitative estimate of drug-likeness (QED) is 0.440. The number of hydrogen-bond donors (Lipinski definition) is 1. The second-order valence-corrected chi connectivity index (χ2v) is 4.78. The number of halogens is 4. The number of hydrogen-bond acceptors (Lipinski definition) is 3. The van der Waals surface area contributed by atoms with Crippen molar-refractivity contribution in [2.75, 3.05) is 32.8 Å². The molecule has 1 saturated heterocycles. The number of nitrogens with two attached hydrogens (primary N) is 1. The smallest absolute Gasteiger partial charge is 0.406 e. The molecule has 9 heteroatoms. The first kappa shape index (κ1) is 19.8. The van der Waals surface area contributed by atoms with E-state index in [0.717, 1.165) is 18.7 Å². The molecule has 0 amide bonds. The summed E-state index contributed by atoms with van der Waals surface area (Å²) in [6, 6.07) is 5.75. The number of morpholine rings is 1. The van der Waals surface area contributed by atoms with Crippen molar-refractivity contribution in [2.45, 2.75) is 12.8 Å². The van der Waals surface area contributed by atoms with Crippen LogP contribution in [-0.2, 0) is 11.2 Å². The van der Waals surface area contributed by atoms with E-state index >= 15 is 0 Å². The molecular formula is C14H19F3IN3O2. The highest BCUT2D eigenvalue weighted by atomic mass is 127. The molecule has 0 bridgehead atoms. The highest BCUT2D eigenvalue weighted by molar-refractivity contribution is 14.0. The summed E-state index contributed by atoms with van der Waals surface area (Å²) in [6.07, 6.45) is -4.07. The Kier molecular flexibility index (Phi) is 7.89. The molecule has 1 aromatic carbocycles. The van der Waals surface area contributed by atoms with E-state index in [2.05, 4.69) is 9.73 Å². The molecule has 0 aromatic heterocycles. The van der Waals surface area contributed by atoms with Gasteiger partial charge in [0.25, 0.3) is 0 Å². The molecule has 0 aliphatic carbocycles. The Hall–Kier alpha value is -1.23. The zero-order valence-corrected chi connectivity index (χ0v) is 14.7. The summed E-state index contributed by atoms with van der Waals surface area (Å²) in [5.74, 6) is 0.243. The Balaban J connectivity index is 0.00000264. The first-order chi connectivity index (χ1) is 10.4. The van der Waals surface area contributed by atoms with Crippen LogP contribution in [0.2, 0.25) is 0 Å². The van der Waals surface area contributed by atoms with Crippen LogP contribution in [-0.4, -0.2) is 50.1 Å². The monoisotopic (exact) mass is 445 g/mol. The average Bonchev–Trinajstić information content (AvgIpc) is 2.48. The summed E-state index contributed by atoms with van der Waals surface area (Å²) in [5.41, 5.74) is 6.75. The molecule has 0 radical (unpaired) electrons. The first-order valence-corrected chi connectivity index (χ1v) is 6.91. The minimum absolute atomic E-state index is 0.